The maximum absolute atomic E-state index is 15.8. The molecule has 2 saturated carbocycles. The molecule has 1 unspecified atom stereocenters. The number of hydrogen-bond acceptors (Lipinski definition) is 6. The lowest BCUT2D eigenvalue weighted by atomic mass is 9.66. The minimum absolute atomic E-state index is 0.0411. The first-order valence-corrected chi connectivity index (χ1v) is 15.3. The van der Waals surface area contributed by atoms with Crippen molar-refractivity contribution >= 4 is 29.4 Å². The fourth-order valence-corrected chi connectivity index (χ4v) is 7.67. The molecule has 1 aromatic heterocycles. The van der Waals surface area contributed by atoms with Gasteiger partial charge in [0, 0.05) is 43.7 Å². The minimum Gasteiger partial charge on any atom is -0.484 e. The summed E-state index contributed by atoms with van der Waals surface area (Å²) in [7, 11) is 1.32. The van der Waals surface area contributed by atoms with Crippen molar-refractivity contribution in [3.63, 3.8) is 0 Å². The Morgan fingerprint density at radius 3 is 2.66 bits per heavy atom. The van der Waals surface area contributed by atoms with Crippen LogP contribution in [0.15, 0.2) is 6.07 Å². The van der Waals surface area contributed by atoms with Crippen LogP contribution in [0.25, 0.3) is 0 Å². The molecular formula is C30H35ClF3N5O5. The number of aryl methyl sites for hydroxylation is 1. The van der Waals surface area contributed by atoms with Gasteiger partial charge < -0.3 is 19.6 Å². The van der Waals surface area contributed by atoms with Crippen LogP contribution in [0, 0.1) is 22.6 Å². The number of carbonyl (C=O) groups excluding carboxylic acids is 2. The number of aromatic nitrogens is 3. The summed E-state index contributed by atoms with van der Waals surface area (Å²) in [6, 6.07) is 0.196. The smallest absolute Gasteiger partial charge is 0.310 e. The molecule has 44 heavy (non-hydrogen) atoms. The topological polar surface area (TPSA) is 118 Å². The van der Waals surface area contributed by atoms with Crippen molar-refractivity contribution in [1.29, 1.82) is 0 Å². The summed E-state index contributed by atoms with van der Waals surface area (Å²) in [5.41, 5.74) is -1.21. The van der Waals surface area contributed by atoms with E-state index >= 15 is 4.39 Å². The number of halogens is 4. The Kier molecular flexibility index (Phi) is 7.82. The average Bonchev–Trinajstić information content (AvgIpc) is 3.50. The monoisotopic (exact) mass is 637 g/mol. The molecule has 14 heteroatoms. The molecule has 2 aromatic rings. The van der Waals surface area contributed by atoms with Gasteiger partial charge in [0.05, 0.1) is 17.4 Å². The van der Waals surface area contributed by atoms with E-state index in [1.807, 2.05) is 0 Å². The van der Waals surface area contributed by atoms with E-state index in [1.165, 1.54) is 7.05 Å². The summed E-state index contributed by atoms with van der Waals surface area (Å²) in [4.78, 5) is 43.2. The molecule has 0 radical (unpaired) electrons. The number of rotatable bonds is 8. The Morgan fingerprint density at radius 2 is 2.00 bits per heavy atom. The molecule has 1 N–H and O–H groups in total. The van der Waals surface area contributed by atoms with Crippen LogP contribution in [0.4, 0.5) is 13.2 Å². The molecule has 1 spiro atoms. The third kappa shape index (κ3) is 5.20. The molecule has 3 atom stereocenters. The van der Waals surface area contributed by atoms with E-state index in [9.17, 15) is 28.3 Å². The van der Waals surface area contributed by atoms with E-state index in [-0.39, 0.29) is 58.8 Å². The van der Waals surface area contributed by atoms with Gasteiger partial charge in [-0.1, -0.05) is 29.7 Å². The van der Waals surface area contributed by atoms with Crippen LogP contribution in [0.2, 0.25) is 5.02 Å². The summed E-state index contributed by atoms with van der Waals surface area (Å²) in [6.07, 6.45) is 1.71. The van der Waals surface area contributed by atoms with Gasteiger partial charge in [0.1, 0.15) is 18.0 Å². The van der Waals surface area contributed by atoms with Gasteiger partial charge in [0.25, 0.3) is 6.43 Å². The van der Waals surface area contributed by atoms with Gasteiger partial charge in [0.15, 0.2) is 11.6 Å². The number of likely N-dealkylation sites (tertiary alicyclic amines) is 1. The van der Waals surface area contributed by atoms with E-state index < -0.39 is 47.9 Å². The zero-order valence-corrected chi connectivity index (χ0v) is 25.4. The van der Waals surface area contributed by atoms with E-state index in [0.717, 1.165) is 23.6 Å². The quantitative estimate of drug-likeness (QED) is 0.440. The highest BCUT2D eigenvalue weighted by Crippen LogP contribution is 2.54. The molecule has 4 aliphatic rings. The van der Waals surface area contributed by atoms with Crippen molar-refractivity contribution in [3.05, 3.63) is 39.4 Å². The number of carboxylic acids is 1. The number of carbonyl (C=O) groups is 3. The van der Waals surface area contributed by atoms with E-state index in [2.05, 4.69) is 10.3 Å². The highest BCUT2D eigenvalue weighted by molar-refractivity contribution is 6.31. The van der Waals surface area contributed by atoms with Crippen LogP contribution in [-0.4, -0.2) is 67.3 Å². The standard InChI is InChI=1S/C30H35ClF3N5O5/c1-29(28(42)43)7-4-3-5-17(29)27(41)39-10-6-16-18(31)11-19(32)25(44-14-20-24(26(33)34)37(2)36-35-20)23(16)21(39)13-38-15-30(8-9-30)12-22(38)40/h11,17,21,26H,3-10,12-15H2,1-2H3,(H,42,43)/t17?,21-,29+/m1/s1. The summed E-state index contributed by atoms with van der Waals surface area (Å²) in [5, 5.41) is 17.7. The number of fused-ring (bicyclic) bond motifs is 1. The predicted molar refractivity (Wildman–Crippen MR) is 150 cm³/mol. The zero-order chi connectivity index (χ0) is 31.6. The van der Waals surface area contributed by atoms with Crippen molar-refractivity contribution in [3.8, 4) is 5.75 Å². The van der Waals surface area contributed by atoms with Crippen LogP contribution in [0.1, 0.15) is 86.9 Å². The Hall–Kier alpha value is -3.35. The number of ether oxygens (including phenoxy) is 1. The summed E-state index contributed by atoms with van der Waals surface area (Å²) in [6.45, 7) is 1.80. The molecule has 3 heterocycles. The summed E-state index contributed by atoms with van der Waals surface area (Å²) >= 11 is 6.55. The molecule has 2 amide bonds. The van der Waals surface area contributed by atoms with E-state index in [4.69, 9.17) is 16.3 Å². The van der Waals surface area contributed by atoms with Crippen LogP contribution in [0.5, 0.6) is 5.75 Å². The number of amides is 2. The highest BCUT2D eigenvalue weighted by atomic mass is 35.5. The van der Waals surface area contributed by atoms with Crippen LogP contribution in [-0.2, 0) is 34.5 Å². The lowest BCUT2D eigenvalue weighted by Gasteiger charge is -2.45. The van der Waals surface area contributed by atoms with Crippen molar-refractivity contribution in [2.24, 2.45) is 23.8 Å². The van der Waals surface area contributed by atoms with Gasteiger partial charge in [-0.05, 0) is 56.1 Å². The Morgan fingerprint density at radius 1 is 1.25 bits per heavy atom. The maximum atomic E-state index is 15.8. The Labute approximate surface area is 257 Å². The van der Waals surface area contributed by atoms with Crippen molar-refractivity contribution in [1.82, 2.24) is 24.8 Å². The molecule has 238 valence electrons. The highest BCUT2D eigenvalue weighted by Gasteiger charge is 2.54. The van der Waals surface area contributed by atoms with Gasteiger partial charge in [-0.3, -0.25) is 14.4 Å². The maximum Gasteiger partial charge on any atom is 0.310 e. The van der Waals surface area contributed by atoms with E-state index in [0.29, 0.717) is 44.2 Å². The second-order valence-electron chi connectivity index (χ2n) is 13.0. The van der Waals surface area contributed by atoms with Gasteiger partial charge >= 0.3 is 5.97 Å². The number of hydrogen-bond donors (Lipinski definition) is 1. The van der Waals surface area contributed by atoms with E-state index in [1.54, 1.807) is 16.7 Å². The summed E-state index contributed by atoms with van der Waals surface area (Å²) < 4.78 is 50.0. The minimum atomic E-state index is -2.89. The van der Waals surface area contributed by atoms with Gasteiger partial charge in [-0.2, -0.15) is 0 Å². The number of carboxylic acid groups (broad SMARTS) is 1. The predicted octanol–water partition coefficient (Wildman–Crippen LogP) is 4.84. The molecule has 1 aromatic carbocycles. The molecule has 6 rings (SSSR count). The van der Waals surface area contributed by atoms with Crippen molar-refractivity contribution in [2.45, 2.75) is 77.4 Å². The molecule has 3 fully saturated rings. The number of benzene rings is 1. The molecule has 0 bridgehead atoms. The normalized spacial score (nSPS) is 25.9. The van der Waals surface area contributed by atoms with Crippen LogP contribution < -0.4 is 4.74 Å². The zero-order valence-electron chi connectivity index (χ0n) is 24.6. The fourth-order valence-electron chi connectivity index (χ4n) is 7.38. The first kappa shape index (κ1) is 30.7. The molecular weight excluding hydrogens is 603 g/mol. The van der Waals surface area contributed by atoms with Crippen LogP contribution >= 0.6 is 11.6 Å². The first-order chi connectivity index (χ1) is 20.8. The van der Waals surface area contributed by atoms with Gasteiger partial charge in [0.2, 0.25) is 11.8 Å². The first-order valence-electron chi connectivity index (χ1n) is 15.0. The van der Waals surface area contributed by atoms with Crippen LogP contribution in [0.3, 0.4) is 0 Å². The second-order valence-corrected chi connectivity index (χ2v) is 13.4. The lowest BCUT2D eigenvalue weighted by molar-refractivity contribution is -0.162. The molecule has 2 aliphatic carbocycles. The number of nitrogens with zero attached hydrogens (tertiary/aromatic N) is 5. The average molecular weight is 638 g/mol. The van der Waals surface area contributed by atoms with Gasteiger partial charge in [-0.25, -0.2) is 17.9 Å². The number of aliphatic carboxylic acids is 1. The van der Waals surface area contributed by atoms with Crippen molar-refractivity contribution < 1.29 is 37.4 Å². The third-order valence-electron chi connectivity index (χ3n) is 10.2. The third-order valence-corrected chi connectivity index (χ3v) is 10.5. The second kappa shape index (κ2) is 11.2. The Balaban J connectivity index is 1.41. The van der Waals surface area contributed by atoms with Gasteiger partial charge in [-0.15, -0.1) is 5.10 Å². The largest absolute Gasteiger partial charge is 0.484 e. The molecule has 10 nitrogen and oxygen atoms in total. The molecule has 1 saturated heterocycles. The Bertz CT molecular complexity index is 1510. The SMILES string of the molecule is Cn1nnc(COc2c(F)cc(Cl)c3c2[C@@H](CN2CC4(CC4)CC2=O)N(C(=O)C2CCCC[C@]2(C)C(=O)O)CC3)c1C(F)F. The molecule has 2 aliphatic heterocycles. The number of alkyl halides is 2. The lowest BCUT2D eigenvalue weighted by Crippen LogP contribution is -2.52. The van der Waals surface area contributed by atoms with Crippen molar-refractivity contribution in [2.75, 3.05) is 19.6 Å². The fraction of sp³-hybridized carbons (Fsp3) is 0.633. The summed E-state index contributed by atoms with van der Waals surface area (Å²) in [5.74, 6) is -3.43.